The lowest BCUT2D eigenvalue weighted by Crippen LogP contribution is -1.99. The highest BCUT2D eigenvalue weighted by Crippen LogP contribution is 2.21. The molecule has 2 aromatic rings. The number of carbonyl (C=O) groups is 1. The van der Waals surface area contributed by atoms with Crippen LogP contribution < -0.4 is 0 Å². The van der Waals surface area contributed by atoms with Gasteiger partial charge in [0.2, 0.25) is 0 Å². The highest BCUT2D eigenvalue weighted by atomic mass is 35.5. The molecule has 0 spiro atoms. The number of halogens is 1. The summed E-state index contributed by atoms with van der Waals surface area (Å²) in [7, 11) is 0. The van der Waals surface area contributed by atoms with Crippen LogP contribution in [0.2, 0.25) is 5.02 Å². The maximum Gasteiger partial charge on any atom is 0.161 e. The molecule has 0 aliphatic heterocycles. The Bertz CT molecular complexity index is 587. The Hall–Kier alpha value is -1.61. The molecule has 4 heteroatoms. The van der Waals surface area contributed by atoms with Crippen molar-refractivity contribution in [1.82, 2.24) is 9.78 Å². The van der Waals surface area contributed by atoms with Crippen molar-refractivity contribution >= 4 is 17.4 Å². The van der Waals surface area contributed by atoms with Gasteiger partial charge < -0.3 is 0 Å². The maximum absolute atomic E-state index is 11.3. The molecular weight excluding hydrogens is 248 g/mol. The zero-order valence-corrected chi connectivity index (χ0v) is 11.4. The quantitative estimate of drug-likeness (QED) is 0.788. The van der Waals surface area contributed by atoms with Crippen LogP contribution in [0.3, 0.4) is 0 Å². The topological polar surface area (TPSA) is 34.9 Å². The number of ketones is 1. The first-order chi connectivity index (χ1) is 8.49. The van der Waals surface area contributed by atoms with E-state index in [0.717, 1.165) is 11.4 Å². The van der Waals surface area contributed by atoms with E-state index in [-0.39, 0.29) is 5.78 Å². The van der Waals surface area contributed by atoms with Gasteiger partial charge in [0, 0.05) is 11.8 Å². The van der Waals surface area contributed by atoms with Gasteiger partial charge in [-0.3, -0.25) is 4.79 Å². The van der Waals surface area contributed by atoms with Crippen molar-refractivity contribution in [2.75, 3.05) is 0 Å². The number of rotatable bonds is 3. The van der Waals surface area contributed by atoms with E-state index in [1.54, 1.807) is 16.8 Å². The van der Waals surface area contributed by atoms with Crippen LogP contribution in [-0.2, 0) is 0 Å². The summed E-state index contributed by atoms with van der Waals surface area (Å²) < 4.78 is 1.77. The van der Waals surface area contributed by atoms with Crippen LogP contribution in [0.1, 0.15) is 42.7 Å². The van der Waals surface area contributed by atoms with E-state index in [4.69, 9.17) is 11.6 Å². The van der Waals surface area contributed by atoms with Gasteiger partial charge in [-0.1, -0.05) is 25.4 Å². The number of benzene rings is 1. The highest BCUT2D eigenvalue weighted by Gasteiger charge is 2.09. The molecule has 0 fully saturated rings. The molecule has 0 saturated carbocycles. The second-order valence-electron chi connectivity index (χ2n) is 4.56. The van der Waals surface area contributed by atoms with Gasteiger partial charge in [0.05, 0.1) is 16.4 Å². The number of aromatic nitrogens is 2. The molecule has 0 amide bonds. The molecule has 0 N–H and O–H groups in total. The first-order valence-electron chi connectivity index (χ1n) is 5.85. The van der Waals surface area contributed by atoms with Gasteiger partial charge in [-0.2, -0.15) is 5.10 Å². The van der Waals surface area contributed by atoms with Gasteiger partial charge >= 0.3 is 0 Å². The second-order valence-corrected chi connectivity index (χ2v) is 4.97. The Morgan fingerprint density at radius 1 is 1.33 bits per heavy atom. The fraction of sp³-hybridized carbons (Fsp3) is 0.286. The highest BCUT2D eigenvalue weighted by molar-refractivity contribution is 6.34. The fourth-order valence-electron chi connectivity index (χ4n) is 1.72. The molecular formula is C14H15ClN2O. The monoisotopic (exact) mass is 262 g/mol. The average molecular weight is 263 g/mol. The van der Waals surface area contributed by atoms with Crippen molar-refractivity contribution in [1.29, 1.82) is 0 Å². The molecule has 2 rings (SSSR count). The van der Waals surface area contributed by atoms with Gasteiger partial charge in [-0.25, -0.2) is 4.68 Å². The van der Waals surface area contributed by atoms with Crippen LogP contribution in [0.5, 0.6) is 0 Å². The Labute approximate surface area is 111 Å². The first-order valence-corrected chi connectivity index (χ1v) is 6.23. The fourth-order valence-corrected chi connectivity index (χ4v) is 2.03. The van der Waals surface area contributed by atoms with E-state index in [2.05, 4.69) is 18.9 Å². The maximum atomic E-state index is 11.3. The van der Waals surface area contributed by atoms with Crippen molar-refractivity contribution in [3.05, 3.63) is 46.7 Å². The van der Waals surface area contributed by atoms with Crippen LogP contribution in [0, 0.1) is 0 Å². The molecule has 1 heterocycles. The van der Waals surface area contributed by atoms with Gasteiger partial charge in [0.1, 0.15) is 0 Å². The SMILES string of the molecule is CC(=O)c1ccc(-n2ccc(C(C)C)n2)cc1Cl. The third-order valence-electron chi connectivity index (χ3n) is 2.80. The lowest BCUT2D eigenvalue weighted by Gasteiger charge is -2.05. The zero-order chi connectivity index (χ0) is 13.3. The van der Waals surface area contributed by atoms with Crippen LogP contribution >= 0.6 is 11.6 Å². The third kappa shape index (κ3) is 2.46. The Balaban J connectivity index is 2.39. The van der Waals surface area contributed by atoms with Crippen LogP contribution in [0.4, 0.5) is 0 Å². The summed E-state index contributed by atoms with van der Waals surface area (Å²) in [5.74, 6) is 0.355. The summed E-state index contributed by atoms with van der Waals surface area (Å²) in [5.41, 5.74) is 2.43. The largest absolute Gasteiger partial charge is 0.294 e. The third-order valence-corrected chi connectivity index (χ3v) is 3.11. The summed E-state index contributed by atoms with van der Waals surface area (Å²) in [4.78, 5) is 11.3. The van der Waals surface area contributed by atoms with E-state index in [0.29, 0.717) is 16.5 Å². The molecule has 0 saturated heterocycles. The second kappa shape index (κ2) is 4.94. The molecule has 0 atom stereocenters. The molecule has 94 valence electrons. The number of nitrogens with zero attached hydrogens (tertiary/aromatic N) is 2. The van der Waals surface area contributed by atoms with Crippen molar-refractivity contribution in [2.45, 2.75) is 26.7 Å². The Morgan fingerprint density at radius 3 is 2.56 bits per heavy atom. The zero-order valence-electron chi connectivity index (χ0n) is 10.6. The molecule has 0 bridgehead atoms. The lowest BCUT2D eigenvalue weighted by molar-refractivity contribution is 0.101. The number of hydrogen-bond donors (Lipinski definition) is 0. The van der Waals surface area contributed by atoms with Gasteiger partial charge in [-0.15, -0.1) is 0 Å². The standard InChI is InChI=1S/C14H15ClN2O/c1-9(2)14-6-7-17(16-14)11-4-5-12(10(3)18)13(15)8-11/h4-9H,1-3H3. The normalized spacial score (nSPS) is 10.9. The summed E-state index contributed by atoms with van der Waals surface area (Å²) in [6.45, 7) is 5.70. The number of carbonyl (C=O) groups excluding carboxylic acids is 1. The molecule has 0 radical (unpaired) electrons. The summed E-state index contributed by atoms with van der Waals surface area (Å²) in [5, 5.41) is 4.93. The molecule has 0 aliphatic rings. The Kier molecular flexibility index (Phi) is 3.53. The van der Waals surface area contributed by atoms with Gasteiger partial charge in [0.25, 0.3) is 0 Å². The first kappa shape index (κ1) is 12.8. The predicted molar refractivity (Wildman–Crippen MR) is 72.7 cm³/mol. The van der Waals surface area contributed by atoms with Crippen LogP contribution in [-0.4, -0.2) is 15.6 Å². The van der Waals surface area contributed by atoms with E-state index < -0.39 is 0 Å². The molecule has 18 heavy (non-hydrogen) atoms. The summed E-state index contributed by atoms with van der Waals surface area (Å²) in [6.07, 6.45) is 1.90. The smallest absolute Gasteiger partial charge is 0.161 e. The summed E-state index contributed by atoms with van der Waals surface area (Å²) >= 11 is 6.08. The minimum atomic E-state index is -0.0325. The predicted octanol–water partition coefficient (Wildman–Crippen LogP) is 3.85. The van der Waals surface area contributed by atoms with E-state index in [9.17, 15) is 4.79 Å². The van der Waals surface area contributed by atoms with Gasteiger partial charge in [0.15, 0.2) is 5.78 Å². The molecule has 1 aromatic heterocycles. The molecule has 0 unspecified atom stereocenters. The van der Waals surface area contributed by atoms with Crippen LogP contribution in [0.15, 0.2) is 30.5 Å². The number of hydrogen-bond acceptors (Lipinski definition) is 2. The van der Waals surface area contributed by atoms with Crippen molar-refractivity contribution in [3.8, 4) is 5.69 Å². The molecule has 3 nitrogen and oxygen atoms in total. The average Bonchev–Trinajstić information content (AvgIpc) is 2.77. The van der Waals surface area contributed by atoms with Crippen LogP contribution in [0.25, 0.3) is 5.69 Å². The lowest BCUT2D eigenvalue weighted by atomic mass is 10.1. The van der Waals surface area contributed by atoms with Crippen molar-refractivity contribution in [3.63, 3.8) is 0 Å². The van der Waals surface area contributed by atoms with E-state index >= 15 is 0 Å². The minimum Gasteiger partial charge on any atom is -0.294 e. The number of Topliss-reactive ketones (excluding diaryl/α,β-unsaturated/α-hetero) is 1. The Morgan fingerprint density at radius 2 is 2.06 bits per heavy atom. The molecule has 1 aromatic carbocycles. The van der Waals surface area contributed by atoms with Crippen molar-refractivity contribution in [2.24, 2.45) is 0 Å². The van der Waals surface area contributed by atoms with Crippen molar-refractivity contribution < 1.29 is 4.79 Å². The van der Waals surface area contributed by atoms with Gasteiger partial charge in [-0.05, 0) is 37.1 Å². The minimum absolute atomic E-state index is 0.0325. The summed E-state index contributed by atoms with van der Waals surface area (Å²) in [6, 6.07) is 7.32. The van der Waals surface area contributed by atoms with E-state index in [1.807, 2.05) is 18.3 Å². The molecule has 0 aliphatic carbocycles. The van der Waals surface area contributed by atoms with E-state index in [1.165, 1.54) is 6.92 Å².